The molecule has 9 heteroatoms. The first-order valence-corrected chi connectivity index (χ1v) is 7.83. The number of fused-ring (bicyclic) bond motifs is 1. The molecule has 0 aromatic heterocycles. The van der Waals surface area contributed by atoms with E-state index in [4.69, 9.17) is 16.3 Å². The van der Waals surface area contributed by atoms with Crippen LogP contribution in [0.2, 0.25) is 5.02 Å². The number of hydrogen-bond acceptors (Lipinski definition) is 4. The lowest BCUT2D eigenvalue weighted by Crippen LogP contribution is -2.39. The summed E-state index contributed by atoms with van der Waals surface area (Å²) in [6.07, 6.45) is 0. The molecule has 1 aliphatic rings. The zero-order chi connectivity index (χ0) is 15.9. The molecule has 0 radical (unpaired) electrons. The smallest absolute Gasteiger partial charge is 0.333 e. The van der Waals surface area contributed by atoms with Crippen molar-refractivity contribution in [2.75, 3.05) is 5.32 Å². The van der Waals surface area contributed by atoms with Crippen LogP contribution in [0.5, 0.6) is 11.5 Å². The Bertz CT molecular complexity index is 886. The Morgan fingerprint density at radius 1 is 1.14 bits per heavy atom. The van der Waals surface area contributed by atoms with E-state index >= 15 is 0 Å². The van der Waals surface area contributed by atoms with Gasteiger partial charge in [-0.25, -0.2) is 22.3 Å². The maximum Gasteiger partial charge on any atom is 0.333 e. The van der Waals surface area contributed by atoms with Crippen LogP contribution < -0.4 is 14.8 Å². The molecule has 0 spiro atoms. The fraction of sp³-hybridized carbons (Fsp3) is 0. The number of sulfonamides is 1. The molecule has 2 aromatic rings. The van der Waals surface area contributed by atoms with Gasteiger partial charge in [0, 0.05) is 0 Å². The van der Waals surface area contributed by atoms with E-state index in [1.54, 1.807) is 16.9 Å². The molecule has 0 saturated carbocycles. The third kappa shape index (κ3) is 2.46. The van der Waals surface area contributed by atoms with Gasteiger partial charge in [-0.05, 0) is 24.3 Å². The van der Waals surface area contributed by atoms with Gasteiger partial charge in [0.2, 0.25) is 0 Å². The average Bonchev–Trinajstić information content (AvgIpc) is 2.43. The standard InChI is InChI=1S/C13H8ClFN2O4S/c14-7-3-1-2-4-9(7)21-12-8(15)5-6-10-11(12)16-13(18)17-22(10,19)20/h1-6H,(H2,16,17,18). The Morgan fingerprint density at radius 3 is 2.59 bits per heavy atom. The summed E-state index contributed by atoms with van der Waals surface area (Å²) in [4.78, 5) is 11.1. The number of ether oxygens (including phenoxy) is 1. The van der Waals surface area contributed by atoms with E-state index in [-0.39, 0.29) is 21.4 Å². The van der Waals surface area contributed by atoms with Gasteiger partial charge in [-0.3, -0.25) is 0 Å². The molecule has 2 aromatic carbocycles. The molecule has 0 saturated heterocycles. The summed E-state index contributed by atoms with van der Waals surface area (Å²) >= 11 is 5.93. The fourth-order valence-electron chi connectivity index (χ4n) is 1.93. The number of rotatable bonds is 2. The summed E-state index contributed by atoms with van der Waals surface area (Å²) in [6, 6.07) is 7.25. The van der Waals surface area contributed by atoms with Crippen LogP contribution in [-0.4, -0.2) is 14.4 Å². The number of amides is 2. The minimum Gasteiger partial charge on any atom is -0.450 e. The van der Waals surface area contributed by atoms with Crippen LogP contribution in [0.15, 0.2) is 41.3 Å². The van der Waals surface area contributed by atoms with Gasteiger partial charge in [-0.2, -0.15) is 0 Å². The zero-order valence-electron chi connectivity index (χ0n) is 10.8. The highest BCUT2D eigenvalue weighted by Crippen LogP contribution is 2.40. The van der Waals surface area contributed by atoms with Gasteiger partial charge in [-0.1, -0.05) is 23.7 Å². The van der Waals surface area contributed by atoms with E-state index in [9.17, 15) is 17.6 Å². The minimum absolute atomic E-state index is 0.127. The first-order valence-electron chi connectivity index (χ1n) is 5.97. The van der Waals surface area contributed by atoms with Crippen molar-refractivity contribution < 1.29 is 22.3 Å². The van der Waals surface area contributed by atoms with Crippen LogP contribution in [-0.2, 0) is 10.0 Å². The number of nitrogens with one attached hydrogen (secondary N) is 2. The van der Waals surface area contributed by atoms with E-state index in [2.05, 4.69) is 5.32 Å². The van der Waals surface area contributed by atoms with E-state index in [1.165, 1.54) is 12.1 Å². The quantitative estimate of drug-likeness (QED) is 0.878. The molecule has 3 rings (SSSR count). The van der Waals surface area contributed by atoms with E-state index in [1.807, 2.05) is 0 Å². The highest BCUT2D eigenvalue weighted by atomic mass is 35.5. The number of anilines is 1. The van der Waals surface area contributed by atoms with Crippen molar-refractivity contribution in [1.29, 1.82) is 0 Å². The molecular weight excluding hydrogens is 335 g/mol. The van der Waals surface area contributed by atoms with Gasteiger partial charge in [0.05, 0.1) is 5.02 Å². The Hall–Kier alpha value is -2.32. The number of urea groups is 1. The van der Waals surface area contributed by atoms with Gasteiger partial charge < -0.3 is 10.1 Å². The van der Waals surface area contributed by atoms with Crippen molar-refractivity contribution >= 4 is 33.3 Å². The predicted molar refractivity (Wildman–Crippen MR) is 77.3 cm³/mol. The molecule has 22 heavy (non-hydrogen) atoms. The normalized spacial score (nSPS) is 15.5. The maximum absolute atomic E-state index is 14.0. The number of benzene rings is 2. The molecule has 1 aliphatic heterocycles. The number of para-hydroxylation sites is 1. The van der Waals surface area contributed by atoms with E-state index in [0.717, 1.165) is 12.1 Å². The Balaban J connectivity index is 2.17. The number of halogens is 2. The second-order valence-electron chi connectivity index (χ2n) is 4.34. The lowest BCUT2D eigenvalue weighted by molar-refractivity contribution is 0.256. The van der Waals surface area contributed by atoms with E-state index < -0.39 is 27.6 Å². The molecule has 114 valence electrons. The lowest BCUT2D eigenvalue weighted by Gasteiger charge is -2.21. The predicted octanol–water partition coefficient (Wildman–Crippen LogP) is 3.10. The number of carbonyl (C=O) groups is 1. The molecule has 0 atom stereocenters. The molecule has 0 aliphatic carbocycles. The van der Waals surface area contributed by atoms with Crippen LogP contribution in [0, 0.1) is 5.82 Å². The third-order valence-corrected chi connectivity index (χ3v) is 4.56. The molecule has 0 bridgehead atoms. The summed E-state index contributed by atoms with van der Waals surface area (Å²) in [5.74, 6) is -1.14. The summed E-state index contributed by atoms with van der Waals surface area (Å²) in [5, 5.41) is 2.44. The van der Waals surface area contributed by atoms with Crippen LogP contribution in [0.1, 0.15) is 0 Å². The van der Waals surface area contributed by atoms with Crippen molar-refractivity contribution in [3.63, 3.8) is 0 Å². The Morgan fingerprint density at radius 2 is 1.86 bits per heavy atom. The fourth-order valence-corrected chi connectivity index (χ4v) is 3.17. The van der Waals surface area contributed by atoms with Gasteiger partial charge in [0.25, 0.3) is 10.0 Å². The van der Waals surface area contributed by atoms with Crippen LogP contribution in [0.3, 0.4) is 0 Å². The van der Waals surface area contributed by atoms with Gasteiger partial charge in [0.15, 0.2) is 11.6 Å². The molecule has 1 heterocycles. The van der Waals surface area contributed by atoms with Crippen molar-refractivity contribution in [1.82, 2.24) is 4.72 Å². The molecule has 0 fully saturated rings. The van der Waals surface area contributed by atoms with Crippen LogP contribution in [0.25, 0.3) is 0 Å². The van der Waals surface area contributed by atoms with Gasteiger partial charge >= 0.3 is 6.03 Å². The van der Waals surface area contributed by atoms with Gasteiger partial charge in [0.1, 0.15) is 16.3 Å². The first kappa shape index (κ1) is 14.6. The van der Waals surface area contributed by atoms with Crippen molar-refractivity contribution in [3.8, 4) is 11.5 Å². The van der Waals surface area contributed by atoms with Gasteiger partial charge in [-0.15, -0.1) is 0 Å². The first-order chi connectivity index (χ1) is 10.4. The molecule has 6 nitrogen and oxygen atoms in total. The Labute approximate surface area is 129 Å². The maximum atomic E-state index is 14.0. The van der Waals surface area contributed by atoms with Crippen LogP contribution >= 0.6 is 11.6 Å². The lowest BCUT2D eigenvalue weighted by atomic mass is 10.2. The second kappa shape index (κ2) is 5.15. The number of hydrogen-bond donors (Lipinski definition) is 2. The van der Waals surface area contributed by atoms with Crippen molar-refractivity contribution in [2.24, 2.45) is 0 Å². The summed E-state index contributed by atoms with van der Waals surface area (Å²) < 4.78 is 44.9. The summed E-state index contributed by atoms with van der Waals surface area (Å²) in [7, 11) is -4.07. The third-order valence-electron chi connectivity index (χ3n) is 2.88. The average molecular weight is 343 g/mol. The summed E-state index contributed by atoms with van der Waals surface area (Å²) in [5.41, 5.74) is -0.274. The molecular formula is C13H8ClFN2O4S. The van der Waals surface area contributed by atoms with E-state index in [0.29, 0.717) is 0 Å². The minimum atomic E-state index is -4.07. The zero-order valence-corrected chi connectivity index (χ0v) is 12.3. The molecule has 2 amide bonds. The SMILES string of the molecule is O=C1Nc2c(ccc(F)c2Oc2ccccc2Cl)S(=O)(=O)N1. The molecule has 0 unspecified atom stereocenters. The summed E-state index contributed by atoms with van der Waals surface area (Å²) in [6.45, 7) is 0. The topological polar surface area (TPSA) is 84.5 Å². The Kier molecular flexibility index (Phi) is 3.42. The number of carbonyl (C=O) groups excluding carboxylic acids is 1. The second-order valence-corrected chi connectivity index (χ2v) is 6.40. The highest BCUT2D eigenvalue weighted by molar-refractivity contribution is 7.90. The monoisotopic (exact) mass is 342 g/mol. The van der Waals surface area contributed by atoms with Crippen LogP contribution in [0.4, 0.5) is 14.9 Å². The molecule has 2 N–H and O–H groups in total. The van der Waals surface area contributed by atoms with Crippen molar-refractivity contribution in [3.05, 3.63) is 47.2 Å². The largest absolute Gasteiger partial charge is 0.450 e. The highest BCUT2D eigenvalue weighted by Gasteiger charge is 2.32. The van der Waals surface area contributed by atoms with Crippen molar-refractivity contribution in [2.45, 2.75) is 4.90 Å².